The number of hydrogen-bond acceptors (Lipinski definition) is 4. The molecule has 4 heterocycles. The maximum Gasteiger partial charge on any atom is 0.272 e. The number of nitrogens with zero attached hydrogens (tertiary/aromatic N) is 2. The van der Waals surface area contributed by atoms with Gasteiger partial charge in [-0.25, -0.2) is 0 Å². The quantitative estimate of drug-likeness (QED) is 0.744. The van der Waals surface area contributed by atoms with Crippen molar-refractivity contribution in [3.63, 3.8) is 0 Å². The van der Waals surface area contributed by atoms with Gasteiger partial charge in [-0.15, -0.1) is 11.3 Å². The predicted octanol–water partition coefficient (Wildman–Crippen LogP) is 3.65. The van der Waals surface area contributed by atoms with E-state index in [9.17, 15) is 4.79 Å². The van der Waals surface area contributed by atoms with E-state index in [4.69, 9.17) is 0 Å². The number of fused-ring (bicyclic) bond motifs is 2. The van der Waals surface area contributed by atoms with Crippen molar-refractivity contribution in [2.45, 2.75) is 37.8 Å². The summed E-state index contributed by atoms with van der Waals surface area (Å²) in [5.41, 5.74) is 2.56. The molecule has 2 fully saturated rings. The summed E-state index contributed by atoms with van der Waals surface area (Å²) in [6.45, 7) is 2.15. The Hall–Kier alpha value is -2.18. The van der Waals surface area contributed by atoms with Crippen molar-refractivity contribution in [2.24, 2.45) is 0 Å². The van der Waals surface area contributed by atoms with Crippen molar-refractivity contribution in [1.29, 1.82) is 0 Å². The van der Waals surface area contributed by atoms with Crippen LogP contribution in [0.15, 0.2) is 35.7 Å². The van der Waals surface area contributed by atoms with E-state index in [1.807, 2.05) is 12.1 Å². The second kappa shape index (κ2) is 6.52. The Morgan fingerprint density at radius 3 is 3.04 bits per heavy atom. The van der Waals surface area contributed by atoms with Gasteiger partial charge in [0.25, 0.3) is 5.91 Å². The summed E-state index contributed by atoms with van der Waals surface area (Å²) in [7, 11) is 0. The summed E-state index contributed by atoms with van der Waals surface area (Å²) in [6.07, 6.45) is 4.83. The van der Waals surface area contributed by atoms with Crippen LogP contribution in [0.3, 0.4) is 0 Å². The maximum absolute atomic E-state index is 12.8. The molecule has 26 heavy (non-hydrogen) atoms. The van der Waals surface area contributed by atoms with Crippen LogP contribution in [0.5, 0.6) is 0 Å². The van der Waals surface area contributed by atoms with Gasteiger partial charge >= 0.3 is 0 Å². The summed E-state index contributed by atoms with van der Waals surface area (Å²) in [4.78, 5) is 16.5. The molecule has 5 rings (SSSR count). The van der Waals surface area contributed by atoms with Gasteiger partial charge in [0.1, 0.15) is 0 Å². The third-order valence-corrected chi connectivity index (χ3v) is 6.65. The van der Waals surface area contributed by atoms with Crippen molar-refractivity contribution >= 4 is 28.1 Å². The number of nitrogens with one attached hydrogen (secondary N) is 2. The van der Waals surface area contributed by atoms with E-state index in [-0.39, 0.29) is 11.9 Å². The minimum atomic E-state index is -0.0657. The van der Waals surface area contributed by atoms with Crippen molar-refractivity contribution < 1.29 is 4.79 Å². The standard InChI is InChI=1S/C20H22N4OS/c25-20(21-14-3-1-4-15-8-9-24(15)12-14)19-16-7-6-13(11-17(16)22-23-19)18-5-2-10-26-18/h2,5-7,10-11,14-15H,1,3-4,8-9,12H2,(H,21,25)(H,22,23)/t14-,15?/m1/s1. The highest BCUT2D eigenvalue weighted by Crippen LogP contribution is 2.29. The first-order valence-corrected chi connectivity index (χ1v) is 10.2. The Morgan fingerprint density at radius 1 is 1.27 bits per heavy atom. The van der Waals surface area contributed by atoms with E-state index < -0.39 is 0 Å². The molecule has 1 aromatic carbocycles. The first-order chi connectivity index (χ1) is 12.8. The molecule has 1 unspecified atom stereocenters. The highest BCUT2D eigenvalue weighted by molar-refractivity contribution is 7.13. The molecule has 0 radical (unpaired) electrons. The van der Waals surface area contributed by atoms with Crippen molar-refractivity contribution in [2.75, 3.05) is 13.1 Å². The number of thiophene rings is 1. The molecule has 134 valence electrons. The van der Waals surface area contributed by atoms with Crippen LogP contribution in [0.2, 0.25) is 0 Å². The number of amides is 1. The average molecular weight is 366 g/mol. The van der Waals surface area contributed by atoms with E-state index in [1.54, 1.807) is 11.3 Å². The third kappa shape index (κ3) is 2.83. The Bertz CT molecular complexity index is 933. The molecule has 1 amide bonds. The lowest BCUT2D eigenvalue weighted by molar-refractivity contribution is 0.0787. The molecular weight excluding hydrogens is 344 g/mol. The lowest BCUT2D eigenvalue weighted by atomic mass is 10.00. The number of aromatic amines is 1. The maximum atomic E-state index is 12.8. The Kier molecular flexibility index (Phi) is 4.02. The zero-order valence-electron chi connectivity index (χ0n) is 14.6. The fraction of sp³-hybridized carbons (Fsp3) is 0.400. The molecular formula is C20H22N4OS. The second-order valence-corrected chi connectivity index (χ2v) is 8.30. The molecule has 2 aliphatic heterocycles. The summed E-state index contributed by atoms with van der Waals surface area (Å²) in [5, 5.41) is 13.5. The molecule has 2 N–H and O–H groups in total. The number of carbonyl (C=O) groups excluding carboxylic acids is 1. The van der Waals surface area contributed by atoms with Gasteiger partial charge in [0.2, 0.25) is 0 Å². The number of carbonyl (C=O) groups is 1. The van der Waals surface area contributed by atoms with E-state index in [1.165, 1.54) is 30.7 Å². The van der Waals surface area contributed by atoms with Crippen LogP contribution in [0, 0.1) is 0 Å². The SMILES string of the molecule is O=C(N[C@@H]1CCCC2CCN2C1)c1n[nH]c2cc(-c3cccs3)ccc12. The zero-order chi connectivity index (χ0) is 17.5. The number of benzene rings is 1. The minimum Gasteiger partial charge on any atom is -0.347 e. The topological polar surface area (TPSA) is 61.0 Å². The van der Waals surface area contributed by atoms with Gasteiger partial charge in [-0.2, -0.15) is 5.10 Å². The van der Waals surface area contributed by atoms with Gasteiger partial charge in [0, 0.05) is 28.9 Å². The minimum absolute atomic E-state index is 0.0657. The third-order valence-electron chi connectivity index (χ3n) is 5.73. The summed E-state index contributed by atoms with van der Waals surface area (Å²) in [6, 6.07) is 11.3. The first kappa shape index (κ1) is 16.0. The van der Waals surface area contributed by atoms with Crippen LogP contribution in [-0.4, -0.2) is 46.2 Å². The summed E-state index contributed by atoms with van der Waals surface area (Å²) in [5.74, 6) is -0.0657. The second-order valence-electron chi connectivity index (χ2n) is 7.35. The monoisotopic (exact) mass is 366 g/mol. The van der Waals surface area contributed by atoms with Gasteiger partial charge in [-0.05, 0) is 61.4 Å². The van der Waals surface area contributed by atoms with E-state index in [0.717, 1.165) is 35.5 Å². The number of rotatable bonds is 3. The largest absolute Gasteiger partial charge is 0.347 e. The molecule has 6 heteroatoms. The molecule has 0 spiro atoms. The van der Waals surface area contributed by atoms with Crippen LogP contribution in [0.1, 0.15) is 36.2 Å². The van der Waals surface area contributed by atoms with Gasteiger partial charge in [-0.3, -0.25) is 14.8 Å². The first-order valence-electron chi connectivity index (χ1n) is 9.35. The average Bonchev–Trinajstić information content (AvgIpc) is 3.28. The van der Waals surface area contributed by atoms with E-state index >= 15 is 0 Å². The van der Waals surface area contributed by atoms with Crippen LogP contribution in [0.25, 0.3) is 21.3 Å². The lowest BCUT2D eigenvalue weighted by Gasteiger charge is -2.40. The van der Waals surface area contributed by atoms with Crippen LogP contribution in [-0.2, 0) is 0 Å². The summed E-state index contributed by atoms with van der Waals surface area (Å²) < 4.78 is 0. The number of aromatic nitrogens is 2. The van der Waals surface area contributed by atoms with Gasteiger partial charge in [-0.1, -0.05) is 12.1 Å². The van der Waals surface area contributed by atoms with Crippen molar-refractivity contribution in [3.8, 4) is 10.4 Å². The van der Waals surface area contributed by atoms with Crippen LogP contribution in [0.4, 0.5) is 0 Å². The number of hydrogen-bond donors (Lipinski definition) is 2. The number of H-pyrrole nitrogens is 1. The highest BCUT2D eigenvalue weighted by atomic mass is 32.1. The highest BCUT2D eigenvalue weighted by Gasteiger charge is 2.33. The molecule has 2 aliphatic rings. The Labute approximate surface area is 156 Å². The Balaban J connectivity index is 1.35. The van der Waals surface area contributed by atoms with Gasteiger partial charge in [0.05, 0.1) is 5.52 Å². The zero-order valence-corrected chi connectivity index (χ0v) is 15.4. The predicted molar refractivity (Wildman–Crippen MR) is 104 cm³/mol. The molecule has 0 aliphatic carbocycles. The van der Waals surface area contributed by atoms with Gasteiger partial charge in [0.15, 0.2) is 5.69 Å². The van der Waals surface area contributed by atoms with Crippen molar-refractivity contribution in [3.05, 3.63) is 41.4 Å². The van der Waals surface area contributed by atoms with Gasteiger partial charge < -0.3 is 5.32 Å². The lowest BCUT2D eigenvalue weighted by Crippen LogP contribution is -2.52. The summed E-state index contributed by atoms with van der Waals surface area (Å²) >= 11 is 1.71. The van der Waals surface area contributed by atoms with Crippen LogP contribution < -0.4 is 5.32 Å². The van der Waals surface area contributed by atoms with Crippen molar-refractivity contribution in [1.82, 2.24) is 20.4 Å². The molecule has 5 nitrogen and oxygen atoms in total. The Morgan fingerprint density at radius 2 is 2.23 bits per heavy atom. The molecule has 0 saturated carbocycles. The molecule has 2 saturated heterocycles. The smallest absolute Gasteiger partial charge is 0.272 e. The molecule has 2 atom stereocenters. The normalized spacial score (nSPS) is 23.2. The molecule has 3 aromatic rings. The molecule has 2 aromatic heterocycles. The van der Waals surface area contributed by atoms with E-state index in [2.05, 4.69) is 44.0 Å². The van der Waals surface area contributed by atoms with E-state index in [0.29, 0.717) is 5.69 Å². The fourth-order valence-corrected chi connectivity index (χ4v) is 4.92. The van der Waals surface area contributed by atoms with Crippen LogP contribution >= 0.6 is 11.3 Å². The molecule has 0 bridgehead atoms. The fourth-order valence-electron chi connectivity index (χ4n) is 4.20.